The van der Waals surface area contributed by atoms with Crippen LogP contribution in [-0.4, -0.2) is 39.7 Å². The number of ether oxygens (including phenoxy) is 1. The summed E-state index contributed by atoms with van der Waals surface area (Å²) in [5.74, 6) is 0.500. The minimum absolute atomic E-state index is 0.0943. The van der Waals surface area contributed by atoms with Gasteiger partial charge in [-0.15, -0.1) is 0 Å². The summed E-state index contributed by atoms with van der Waals surface area (Å²) in [5.41, 5.74) is -0.342. The van der Waals surface area contributed by atoms with Crippen LogP contribution < -0.4 is 10.6 Å². The van der Waals surface area contributed by atoms with Gasteiger partial charge in [-0.05, 0) is 33.6 Å². The van der Waals surface area contributed by atoms with Gasteiger partial charge in [0.15, 0.2) is 0 Å². The molecule has 8 nitrogen and oxygen atoms in total. The number of nitrogens with one attached hydrogen (secondary N) is 2. The van der Waals surface area contributed by atoms with Crippen LogP contribution in [0, 0.1) is 10.1 Å². The number of hydrogen-bond acceptors (Lipinski definition) is 7. The highest BCUT2D eigenvalue weighted by Gasteiger charge is 2.31. The fraction of sp³-hybridized carbons (Fsp3) is 0.692. The van der Waals surface area contributed by atoms with Crippen molar-refractivity contribution in [2.45, 2.75) is 45.3 Å². The smallest absolute Gasteiger partial charge is 0.353 e. The second kappa shape index (κ2) is 6.21. The molecule has 1 aromatic rings. The third-order valence-corrected chi connectivity index (χ3v) is 3.39. The molecule has 0 amide bonds. The van der Waals surface area contributed by atoms with E-state index in [0.717, 1.165) is 12.8 Å². The summed E-state index contributed by atoms with van der Waals surface area (Å²) in [6, 6.07) is 0.0943. The quantitative estimate of drug-likeness (QED) is 0.634. The third kappa shape index (κ3) is 3.78. The molecular formula is C13H21N5O3. The zero-order valence-electron chi connectivity index (χ0n) is 12.5. The average molecular weight is 295 g/mol. The molecule has 1 unspecified atom stereocenters. The van der Waals surface area contributed by atoms with E-state index in [-0.39, 0.29) is 29.0 Å². The van der Waals surface area contributed by atoms with Crippen LogP contribution in [-0.2, 0) is 4.74 Å². The van der Waals surface area contributed by atoms with Crippen LogP contribution in [0.15, 0.2) is 6.33 Å². The standard InChI is InChI=1S/C13H21N5O3/c1-4-14-11-10(18(19)20)12(16-8-15-11)17-9-5-6-21-13(2,3)7-9/h8-9H,4-7H2,1-3H3,(H2,14,15,16,17). The monoisotopic (exact) mass is 295 g/mol. The highest BCUT2D eigenvalue weighted by atomic mass is 16.6. The van der Waals surface area contributed by atoms with Crippen molar-refractivity contribution in [3.05, 3.63) is 16.4 Å². The first-order valence-corrected chi connectivity index (χ1v) is 7.06. The van der Waals surface area contributed by atoms with Gasteiger partial charge in [-0.25, -0.2) is 9.97 Å². The molecule has 0 radical (unpaired) electrons. The van der Waals surface area contributed by atoms with Crippen molar-refractivity contribution >= 4 is 17.3 Å². The summed E-state index contributed by atoms with van der Waals surface area (Å²) >= 11 is 0. The van der Waals surface area contributed by atoms with Crippen molar-refractivity contribution in [2.24, 2.45) is 0 Å². The molecule has 1 fully saturated rings. The van der Waals surface area contributed by atoms with Crippen molar-refractivity contribution in [3.8, 4) is 0 Å². The van der Waals surface area contributed by atoms with Crippen LogP contribution in [0.5, 0.6) is 0 Å². The summed E-state index contributed by atoms with van der Waals surface area (Å²) in [6.45, 7) is 7.07. The first-order valence-electron chi connectivity index (χ1n) is 7.06. The zero-order chi connectivity index (χ0) is 15.5. The van der Waals surface area contributed by atoms with E-state index in [0.29, 0.717) is 13.2 Å². The molecule has 1 aliphatic heterocycles. The Kier molecular flexibility index (Phi) is 4.56. The van der Waals surface area contributed by atoms with Crippen molar-refractivity contribution in [1.82, 2.24) is 9.97 Å². The van der Waals surface area contributed by atoms with Gasteiger partial charge in [-0.2, -0.15) is 0 Å². The number of aromatic nitrogens is 2. The molecule has 8 heteroatoms. The number of hydrogen-bond donors (Lipinski definition) is 2. The Balaban J connectivity index is 2.23. The van der Waals surface area contributed by atoms with Crippen LogP contribution in [0.3, 0.4) is 0 Å². The van der Waals surface area contributed by atoms with E-state index >= 15 is 0 Å². The molecule has 2 rings (SSSR count). The molecule has 1 aromatic heterocycles. The van der Waals surface area contributed by atoms with Gasteiger partial charge in [0.25, 0.3) is 0 Å². The second-order valence-corrected chi connectivity index (χ2v) is 5.65. The first-order chi connectivity index (χ1) is 9.93. The molecule has 1 aliphatic rings. The average Bonchev–Trinajstić information content (AvgIpc) is 2.37. The van der Waals surface area contributed by atoms with Gasteiger partial charge >= 0.3 is 5.69 Å². The van der Waals surface area contributed by atoms with E-state index in [2.05, 4.69) is 20.6 Å². The van der Waals surface area contributed by atoms with Crippen molar-refractivity contribution < 1.29 is 9.66 Å². The Morgan fingerprint density at radius 1 is 1.48 bits per heavy atom. The molecule has 2 heterocycles. The summed E-state index contributed by atoms with van der Waals surface area (Å²) in [6.07, 6.45) is 2.89. The number of nitro groups is 1. The van der Waals surface area contributed by atoms with Gasteiger partial charge in [0.05, 0.1) is 10.5 Å². The number of rotatable bonds is 5. The molecule has 21 heavy (non-hydrogen) atoms. The van der Waals surface area contributed by atoms with E-state index in [9.17, 15) is 10.1 Å². The summed E-state index contributed by atoms with van der Waals surface area (Å²) in [7, 11) is 0. The fourth-order valence-electron chi connectivity index (χ4n) is 2.50. The summed E-state index contributed by atoms with van der Waals surface area (Å²) in [5, 5.41) is 17.4. The molecule has 0 spiro atoms. The Morgan fingerprint density at radius 2 is 2.19 bits per heavy atom. The predicted molar refractivity (Wildman–Crippen MR) is 79.5 cm³/mol. The van der Waals surface area contributed by atoms with Crippen molar-refractivity contribution in [2.75, 3.05) is 23.8 Å². The van der Waals surface area contributed by atoms with E-state index in [1.54, 1.807) is 0 Å². The van der Waals surface area contributed by atoms with Crippen LogP contribution in [0.25, 0.3) is 0 Å². The maximum atomic E-state index is 11.3. The molecular weight excluding hydrogens is 274 g/mol. The van der Waals surface area contributed by atoms with E-state index in [1.165, 1.54) is 6.33 Å². The lowest BCUT2D eigenvalue weighted by Gasteiger charge is -2.35. The number of anilines is 2. The molecule has 0 bridgehead atoms. The largest absolute Gasteiger partial charge is 0.375 e. The maximum absolute atomic E-state index is 11.3. The Labute approximate surface area is 123 Å². The lowest BCUT2D eigenvalue weighted by Crippen LogP contribution is -2.40. The van der Waals surface area contributed by atoms with Crippen LogP contribution in [0.2, 0.25) is 0 Å². The molecule has 116 valence electrons. The third-order valence-electron chi connectivity index (χ3n) is 3.39. The lowest BCUT2D eigenvalue weighted by molar-refractivity contribution is -0.383. The van der Waals surface area contributed by atoms with E-state index in [4.69, 9.17) is 4.74 Å². The van der Waals surface area contributed by atoms with Gasteiger partial charge in [-0.3, -0.25) is 10.1 Å². The molecule has 1 saturated heterocycles. The minimum atomic E-state index is -0.454. The predicted octanol–water partition coefficient (Wildman–Crippen LogP) is 2.19. The van der Waals surface area contributed by atoms with Crippen molar-refractivity contribution in [3.63, 3.8) is 0 Å². The summed E-state index contributed by atoms with van der Waals surface area (Å²) in [4.78, 5) is 18.8. The molecule has 0 saturated carbocycles. The summed E-state index contributed by atoms with van der Waals surface area (Å²) < 4.78 is 5.65. The van der Waals surface area contributed by atoms with E-state index in [1.807, 2.05) is 20.8 Å². The molecule has 2 N–H and O–H groups in total. The molecule has 0 aliphatic carbocycles. The topological polar surface area (TPSA) is 102 Å². The normalized spacial score (nSPS) is 20.8. The van der Waals surface area contributed by atoms with Crippen molar-refractivity contribution in [1.29, 1.82) is 0 Å². The fourth-order valence-corrected chi connectivity index (χ4v) is 2.50. The lowest BCUT2D eigenvalue weighted by atomic mass is 9.94. The van der Waals surface area contributed by atoms with Gasteiger partial charge in [0.1, 0.15) is 6.33 Å². The SMILES string of the molecule is CCNc1ncnc(NC2CCOC(C)(C)C2)c1[N+](=O)[O-]. The zero-order valence-corrected chi connectivity index (χ0v) is 12.5. The van der Waals surface area contributed by atoms with Gasteiger partial charge < -0.3 is 15.4 Å². The molecule has 0 aromatic carbocycles. The Hall–Kier alpha value is -1.96. The molecule has 1 atom stereocenters. The van der Waals surface area contributed by atoms with Gasteiger partial charge in [0, 0.05) is 19.2 Å². The number of nitrogens with zero attached hydrogens (tertiary/aromatic N) is 3. The van der Waals surface area contributed by atoms with Gasteiger partial charge in [-0.1, -0.05) is 0 Å². The minimum Gasteiger partial charge on any atom is -0.375 e. The van der Waals surface area contributed by atoms with Crippen LogP contribution in [0.4, 0.5) is 17.3 Å². The Morgan fingerprint density at radius 3 is 2.81 bits per heavy atom. The highest BCUT2D eigenvalue weighted by molar-refractivity contribution is 5.69. The van der Waals surface area contributed by atoms with Crippen LogP contribution >= 0.6 is 0 Å². The second-order valence-electron chi connectivity index (χ2n) is 5.65. The van der Waals surface area contributed by atoms with Crippen LogP contribution in [0.1, 0.15) is 33.6 Å². The Bertz CT molecular complexity index is 521. The first kappa shape index (κ1) is 15.4. The maximum Gasteiger partial charge on any atom is 0.353 e. The van der Waals surface area contributed by atoms with Gasteiger partial charge in [0.2, 0.25) is 11.6 Å². The highest BCUT2D eigenvalue weighted by Crippen LogP contribution is 2.32. The van der Waals surface area contributed by atoms with E-state index < -0.39 is 4.92 Å².